The molecule has 6 heterocycles. The first-order chi connectivity index (χ1) is 20.8. The molecule has 0 spiro atoms. The Morgan fingerprint density at radius 3 is 2.75 bits per heavy atom. The lowest BCUT2D eigenvalue weighted by atomic mass is 9.95. The van der Waals surface area contributed by atoms with Crippen LogP contribution < -0.4 is 20.7 Å². The molecular formula is C29H31ClF5N7O2. The van der Waals surface area contributed by atoms with Crippen molar-refractivity contribution in [2.45, 2.75) is 68.7 Å². The number of aryl methyl sites for hydroxylation is 1. The van der Waals surface area contributed by atoms with Gasteiger partial charge in [0.25, 0.3) is 0 Å². The van der Waals surface area contributed by atoms with E-state index in [-0.39, 0.29) is 57.8 Å². The summed E-state index contributed by atoms with van der Waals surface area (Å²) >= 11 is 6.55. The maximum atomic E-state index is 16.6. The summed E-state index contributed by atoms with van der Waals surface area (Å²) in [6, 6.07) is 1.88. The van der Waals surface area contributed by atoms with Gasteiger partial charge in [0, 0.05) is 37.5 Å². The standard InChI is InChI=1S/C29H31ClF5N7O2/c1-13-5-20(36)38-25(22(13)29(33,34)35)21-17(30)7-16-24(23(21)32)39-27(44-12-28-3-2-4-42(28)9-14(31)8-28)40-26(16)41-10-15-6-19(43)18(11-41)37-15/h5,7,14-15,18-19,37,43H,2-4,6,8-12H2,1H3,(H2,36,38)/t14?,15-,18-,19-,28?/m1/s1. The molecule has 4 saturated heterocycles. The molecule has 1 aromatic carbocycles. The van der Waals surface area contributed by atoms with Crippen LogP contribution in [0.25, 0.3) is 22.2 Å². The van der Waals surface area contributed by atoms with Crippen LogP contribution in [0, 0.1) is 12.7 Å². The number of nitrogens with zero attached hydrogens (tertiary/aromatic N) is 5. The number of ether oxygens (including phenoxy) is 1. The predicted molar refractivity (Wildman–Crippen MR) is 154 cm³/mol. The number of rotatable bonds is 5. The second-order valence-electron chi connectivity index (χ2n) is 12.4. The Morgan fingerprint density at radius 2 is 2.00 bits per heavy atom. The molecule has 0 amide bonds. The van der Waals surface area contributed by atoms with Gasteiger partial charge in [-0.15, -0.1) is 0 Å². The van der Waals surface area contributed by atoms with Gasteiger partial charge >= 0.3 is 12.2 Å². The van der Waals surface area contributed by atoms with Gasteiger partial charge in [-0.1, -0.05) is 11.6 Å². The normalized spacial score (nSPS) is 28.7. The molecule has 15 heteroatoms. The van der Waals surface area contributed by atoms with E-state index in [1.807, 2.05) is 4.90 Å². The number of aliphatic hydroxyl groups excluding tert-OH is 1. The molecule has 4 aliphatic heterocycles. The van der Waals surface area contributed by atoms with Crippen LogP contribution in [0.3, 0.4) is 0 Å². The van der Waals surface area contributed by atoms with E-state index in [4.69, 9.17) is 22.1 Å². The highest BCUT2D eigenvalue weighted by Gasteiger charge is 2.49. The SMILES string of the molecule is Cc1cc(N)nc(-c2c(Cl)cc3c(N4C[C@H]5C[C@@H](O)[C@@H](C4)N5)nc(OCC45CCCN4CC(F)C5)nc3c2F)c1C(F)(F)F. The highest BCUT2D eigenvalue weighted by Crippen LogP contribution is 2.45. The van der Waals surface area contributed by atoms with Crippen molar-refractivity contribution in [3.63, 3.8) is 0 Å². The van der Waals surface area contributed by atoms with E-state index in [1.165, 1.54) is 13.0 Å². The number of halogens is 6. The molecule has 0 aliphatic carbocycles. The van der Waals surface area contributed by atoms with Crippen molar-refractivity contribution in [2.24, 2.45) is 0 Å². The van der Waals surface area contributed by atoms with Crippen LogP contribution in [0.5, 0.6) is 6.01 Å². The van der Waals surface area contributed by atoms with E-state index in [0.717, 1.165) is 25.5 Å². The summed E-state index contributed by atoms with van der Waals surface area (Å²) in [7, 11) is 0. The highest BCUT2D eigenvalue weighted by molar-refractivity contribution is 6.34. The molecule has 0 radical (unpaired) electrons. The number of pyridine rings is 1. The first kappa shape index (κ1) is 29.6. The zero-order chi connectivity index (χ0) is 31.1. The second-order valence-corrected chi connectivity index (χ2v) is 12.8. The molecule has 0 saturated carbocycles. The molecule has 44 heavy (non-hydrogen) atoms. The van der Waals surface area contributed by atoms with Crippen molar-refractivity contribution in [2.75, 3.05) is 43.4 Å². The van der Waals surface area contributed by atoms with E-state index in [0.29, 0.717) is 32.5 Å². The van der Waals surface area contributed by atoms with Gasteiger partial charge in [0.1, 0.15) is 29.9 Å². The minimum atomic E-state index is -4.88. The molecule has 5 atom stereocenters. The molecule has 7 rings (SSSR count). The van der Waals surface area contributed by atoms with Crippen LogP contribution in [0.15, 0.2) is 12.1 Å². The molecule has 236 valence electrons. The summed E-state index contributed by atoms with van der Waals surface area (Å²) < 4.78 is 79.7. The van der Waals surface area contributed by atoms with Crippen LogP contribution in [-0.2, 0) is 6.18 Å². The maximum Gasteiger partial charge on any atom is 0.418 e. The summed E-state index contributed by atoms with van der Waals surface area (Å²) in [4.78, 5) is 16.8. The third kappa shape index (κ3) is 4.90. The lowest BCUT2D eigenvalue weighted by Gasteiger charge is -2.35. The molecule has 3 aromatic rings. The number of nitrogens with one attached hydrogen (secondary N) is 1. The number of nitrogen functional groups attached to an aromatic ring is 1. The maximum absolute atomic E-state index is 16.6. The van der Waals surface area contributed by atoms with Gasteiger partial charge in [0.05, 0.1) is 39.5 Å². The topological polar surface area (TPSA) is 113 Å². The van der Waals surface area contributed by atoms with Gasteiger partial charge in [0.2, 0.25) is 0 Å². The number of nitrogens with two attached hydrogens (primary N) is 1. The van der Waals surface area contributed by atoms with Crippen molar-refractivity contribution < 1.29 is 31.8 Å². The van der Waals surface area contributed by atoms with E-state index < -0.39 is 46.6 Å². The summed E-state index contributed by atoms with van der Waals surface area (Å²) in [6.07, 6.45) is -4.02. The smallest absolute Gasteiger partial charge is 0.418 e. The van der Waals surface area contributed by atoms with Crippen molar-refractivity contribution >= 4 is 34.1 Å². The van der Waals surface area contributed by atoms with Gasteiger partial charge in [-0.05, 0) is 50.4 Å². The first-order valence-corrected chi connectivity index (χ1v) is 15.0. The Balaban J connectivity index is 1.38. The van der Waals surface area contributed by atoms with Crippen molar-refractivity contribution in [3.8, 4) is 17.3 Å². The summed E-state index contributed by atoms with van der Waals surface area (Å²) in [6.45, 7) is 3.09. The summed E-state index contributed by atoms with van der Waals surface area (Å²) in [5.74, 6) is -1.09. The fraction of sp³-hybridized carbons (Fsp3) is 0.552. The summed E-state index contributed by atoms with van der Waals surface area (Å²) in [5, 5.41) is 13.6. The van der Waals surface area contributed by atoms with E-state index in [2.05, 4.69) is 25.2 Å². The number of fused-ring (bicyclic) bond motifs is 4. The van der Waals surface area contributed by atoms with Crippen LogP contribution in [-0.4, -0.2) is 87.6 Å². The van der Waals surface area contributed by atoms with Gasteiger partial charge in [-0.2, -0.15) is 23.1 Å². The number of anilines is 2. The van der Waals surface area contributed by atoms with Crippen LogP contribution in [0.2, 0.25) is 5.02 Å². The van der Waals surface area contributed by atoms with Crippen molar-refractivity contribution in [1.82, 2.24) is 25.2 Å². The fourth-order valence-corrected chi connectivity index (χ4v) is 7.84. The zero-order valence-electron chi connectivity index (χ0n) is 23.8. The van der Waals surface area contributed by atoms with E-state index >= 15 is 4.39 Å². The molecule has 2 unspecified atom stereocenters. The minimum absolute atomic E-state index is 0.0579. The van der Waals surface area contributed by atoms with Crippen molar-refractivity contribution in [3.05, 3.63) is 34.1 Å². The van der Waals surface area contributed by atoms with Crippen LogP contribution >= 0.6 is 11.6 Å². The molecular weight excluding hydrogens is 609 g/mol. The number of piperazine rings is 1. The third-order valence-electron chi connectivity index (χ3n) is 9.43. The predicted octanol–water partition coefficient (Wildman–Crippen LogP) is 4.26. The number of benzene rings is 1. The Morgan fingerprint density at radius 1 is 1.20 bits per heavy atom. The quantitative estimate of drug-likeness (QED) is 0.353. The minimum Gasteiger partial charge on any atom is -0.461 e. The van der Waals surface area contributed by atoms with Gasteiger partial charge < -0.3 is 25.8 Å². The fourth-order valence-electron chi connectivity index (χ4n) is 7.56. The number of aliphatic hydroxyl groups is 1. The molecule has 9 nitrogen and oxygen atoms in total. The molecule has 2 aromatic heterocycles. The number of hydrogen-bond donors (Lipinski definition) is 3. The highest BCUT2D eigenvalue weighted by atomic mass is 35.5. The average Bonchev–Trinajstić information content (AvgIpc) is 3.54. The Labute approximate surface area is 254 Å². The number of alkyl halides is 4. The summed E-state index contributed by atoms with van der Waals surface area (Å²) in [5.41, 5.74) is 2.23. The van der Waals surface area contributed by atoms with Gasteiger partial charge in [-0.25, -0.2) is 13.8 Å². The third-order valence-corrected chi connectivity index (χ3v) is 9.73. The van der Waals surface area contributed by atoms with Crippen molar-refractivity contribution in [1.29, 1.82) is 0 Å². The Bertz CT molecular complexity index is 1640. The van der Waals surface area contributed by atoms with Gasteiger partial charge in [0.15, 0.2) is 5.82 Å². The van der Waals surface area contributed by atoms with Crippen LogP contribution in [0.1, 0.15) is 36.8 Å². The lowest BCUT2D eigenvalue weighted by Crippen LogP contribution is -2.53. The second kappa shape index (κ2) is 10.5. The lowest BCUT2D eigenvalue weighted by molar-refractivity contribution is -0.137. The molecule has 4 aliphatic rings. The Hall–Kier alpha value is -3.07. The average molecular weight is 640 g/mol. The number of hydrogen-bond acceptors (Lipinski definition) is 9. The largest absolute Gasteiger partial charge is 0.461 e. The molecule has 2 bridgehead atoms. The first-order valence-electron chi connectivity index (χ1n) is 14.6. The monoisotopic (exact) mass is 639 g/mol. The van der Waals surface area contributed by atoms with Gasteiger partial charge in [-0.3, -0.25) is 4.90 Å². The molecule has 4 N–H and O–H groups in total. The Kier molecular flexibility index (Phi) is 7.07. The van der Waals surface area contributed by atoms with E-state index in [1.54, 1.807) is 0 Å². The zero-order valence-corrected chi connectivity index (χ0v) is 24.5. The number of aromatic nitrogens is 3. The van der Waals surface area contributed by atoms with Crippen LogP contribution in [0.4, 0.5) is 33.6 Å². The van der Waals surface area contributed by atoms with E-state index in [9.17, 15) is 22.7 Å². The molecule has 4 fully saturated rings.